The summed E-state index contributed by atoms with van der Waals surface area (Å²) < 4.78 is 38.6. The largest absolute Gasteiger partial charge is 0.464 e. The number of benzene rings is 1. The molecule has 0 saturated heterocycles. The molecule has 0 saturated carbocycles. The molecule has 1 aromatic carbocycles. The van der Waals surface area contributed by atoms with Crippen molar-refractivity contribution in [3.8, 4) is 5.75 Å². The van der Waals surface area contributed by atoms with Crippen LogP contribution in [0.3, 0.4) is 0 Å². The van der Waals surface area contributed by atoms with Crippen LogP contribution in [0.25, 0.3) is 0 Å². The molecular formula is C14H22F2O2Si. The maximum absolute atomic E-state index is 14.5. The van der Waals surface area contributed by atoms with Crippen molar-refractivity contribution < 1.29 is 18.3 Å². The quantitative estimate of drug-likeness (QED) is 0.563. The van der Waals surface area contributed by atoms with Gasteiger partial charge in [-0.3, -0.25) is 0 Å². The van der Waals surface area contributed by atoms with Crippen molar-refractivity contribution in [3.05, 3.63) is 23.8 Å². The highest BCUT2D eigenvalue weighted by molar-refractivity contribution is 6.91. The molecule has 0 unspecified atom stereocenters. The standard InChI is InChI=1S/C14H22F2O2Si/c1-5-19(6-2,7-3)14-11(15)8-9-12(13(14)16)18-10-17-4/h8-9H,5-7,10H2,1-4H3. The lowest BCUT2D eigenvalue weighted by molar-refractivity contribution is 0.0483. The van der Waals surface area contributed by atoms with Crippen LogP contribution in [-0.4, -0.2) is 22.0 Å². The number of ether oxygens (including phenoxy) is 2. The molecule has 5 heteroatoms. The smallest absolute Gasteiger partial charge is 0.188 e. The van der Waals surface area contributed by atoms with Crippen LogP contribution in [0, 0.1) is 11.6 Å². The predicted octanol–water partition coefficient (Wildman–Crippen LogP) is 3.66. The number of halogens is 2. The van der Waals surface area contributed by atoms with E-state index in [9.17, 15) is 8.78 Å². The van der Waals surface area contributed by atoms with E-state index in [0.29, 0.717) is 0 Å². The molecule has 0 heterocycles. The van der Waals surface area contributed by atoms with Gasteiger partial charge in [0.25, 0.3) is 0 Å². The van der Waals surface area contributed by atoms with E-state index in [0.717, 1.165) is 18.1 Å². The Labute approximate surface area is 114 Å². The Balaban J connectivity index is 3.32. The van der Waals surface area contributed by atoms with Crippen LogP contribution in [-0.2, 0) is 4.74 Å². The van der Waals surface area contributed by atoms with Crippen molar-refractivity contribution in [3.63, 3.8) is 0 Å². The monoisotopic (exact) mass is 288 g/mol. The minimum atomic E-state index is -2.12. The summed E-state index contributed by atoms with van der Waals surface area (Å²) in [4.78, 5) is 0. The molecule has 0 aliphatic carbocycles. The Kier molecular flexibility index (Phi) is 5.94. The molecule has 0 bridgehead atoms. The fourth-order valence-corrected chi connectivity index (χ4v) is 6.27. The van der Waals surface area contributed by atoms with Gasteiger partial charge in [0.05, 0.1) is 8.07 Å². The van der Waals surface area contributed by atoms with E-state index in [1.165, 1.54) is 19.2 Å². The van der Waals surface area contributed by atoms with Crippen LogP contribution in [0.15, 0.2) is 12.1 Å². The number of methoxy groups -OCH3 is 1. The predicted molar refractivity (Wildman–Crippen MR) is 75.7 cm³/mol. The summed E-state index contributed by atoms with van der Waals surface area (Å²) in [6.07, 6.45) is 0. The fourth-order valence-electron chi connectivity index (χ4n) is 2.53. The van der Waals surface area contributed by atoms with Gasteiger partial charge in [0, 0.05) is 12.3 Å². The SMILES string of the molecule is CC[Si](CC)(CC)c1c(F)ccc(OCOC)c1F. The van der Waals surface area contributed by atoms with Gasteiger partial charge in [0.15, 0.2) is 18.4 Å². The molecule has 108 valence electrons. The normalized spacial score (nSPS) is 11.7. The first-order valence-electron chi connectivity index (χ1n) is 6.66. The van der Waals surface area contributed by atoms with Gasteiger partial charge in [-0.2, -0.15) is 0 Å². The van der Waals surface area contributed by atoms with E-state index in [1.54, 1.807) is 0 Å². The van der Waals surface area contributed by atoms with E-state index in [1.807, 2.05) is 20.8 Å². The summed E-state index contributed by atoms with van der Waals surface area (Å²) in [7, 11) is -0.660. The Bertz CT molecular complexity index is 412. The second-order valence-electron chi connectivity index (χ2n) is 4.63. The van der Waals surface area contributed by atoms with Gasteiger partial charge in [-0.1, -0.05) is 38.9 Å². The van der Waals surface area contributed by atoms with Crippen molar-refractivity contribution >= 4 is 13.3 Å². The summed E-state index contributed by atoms with van der Waals surface area (Å²) in [5.74, 6) is -0.917. The van der Waals surface area contributed by atoms with Gasteiger partial charge < -0.3 is 9.47 Å². The average molecular weight is 288 g/mol. The van der Waals surface area contributed by atoms with E-state index < -0.39 is 19.7 Å². The summed E-state index contributed by atoms with van der Waals surface area (Å²) in [6.45, 7) is 6.00. The third-order valence-corrected chi connectivity index (χ3v) is 9.53. The molecule has 0 aliphatic heterocycles. The first kappa shape index (κ1) is 16.1. The Morgan fingerprint density at radius 3 is 2.11 bits per heavy atom. The maximum atomic E-state index is 14.5. The second-order valence-corrected chi connectivity index (χ2v) is 9.81. The van der Waals surface area contributed by atoms with Gasteiger partial charge in [0.1, 0.15) is 5.82 Å². The maximum Gasteiger partial charge on any atom is 0.188 e. The third-order valence-electron chi connectivity index (χ3n) is 3.95. The Morgan fingerprint density at radius 2 is 1.63 bits per heavy atom. The molecule has 0 aliphatic rings. The number of hydrogen-bond donors (Lipinski definition) is 0. The molecule has 0 atom stereocenters. The highest BCUT2D eigenvalue weighted by Gasteiger charge is 2.36. The van der Waals surface area contributed by atoms with Gasteiger partial charge >= 0.3 is 0 Å². The lowest BCUT2D eigenvalue weighted by Crippen LogP contribution is -2.49. The number of rotatable bonds is 7. The molecule has 0 fully saturated rings. The fraction of sp³-hybridized carbons (Fsp3) is 0.571. The van der Waals surface area contributed by atoms with Crippen LogP contribution in [0.1, 0.15) is 20.8 Å². The van der Waals surface area contributed by atoms with E-state index in [4.69, 9.17) is 9.47 Å². The lowest BCUT2D eigenvalue weighted by atomic mass is 10.3. The van der Waals surface area contributed by atoms with Crippen molar-refractivity contribution in [1.29, 1.82) is 0 Å². The summed E-state index contributed by atoms with van der Waals surface area (Å²) in [6, 6.07) is 5.09. The van der Waals surface area contributed by atoms with Crippen molar-refractivity contribution in [2.75, 3.05) is 13.9 Å². The zero-order chi connectivity index (χ0) is 14.5. The van der Waals surface area contributed by atoms with Crippen molar-refractivity contribution in [1.82, 2.24) is 0 Å². The molecule has 0 amide bonds. The topological polar surface area (TPSA) is 18.5 Å². The first-order valence-corrected chi connectivity index (χ1v) is 9.28. The lowest BCUT2D eigenvalue weighted by Gasteiger charge is -2.29. The summed E-state index contributed by atoms with van der Waals surface area (Å²) in [5.41, 5.74) is 0. The van der Waals surface area contributed by atoms with E-state index in [2.05, 4.69) is 0 Å². The molecule has 0 radical (unpaired) electrons. The number of hydrogen-bond acceptors (Lipinski definition) is 2. The van der Waals surface area contributed by atoms with Crippen LogP contribution in [0.5, 0.6) is 5.75 Å². The molecule has 2 nitrogen and oxygen atoms in total. The molecular weight excluding hydrogens is 266 g/mol. The second kappa shape index (κ2) is 7.00. The first-order chi connectivity index (χ1) is 9.06. The van der Waals surface area contributed by atoms with Crippen molar-refractivity contribution in [2.45, 2.75) is 38.9 Å². The van der Waals surface area contributed by atoms with Gasteiger partial charge in [-0.25, -0.2) is 8.78 Å². The Hall–Kier alpha value is -0.943. The van der Waals surface area contributed by atoms with Crippen LogP contribution >= 0.6 is 0 Å². The minimum Gasteiger partial charge on any atom is -0.464 e. The van der Waals surface area contributed by atoms with Gasteiger partial charge in [-0.05, 0) is 12.1 Å². The summed E-state index contributed by atoms with van der Waals surface area (Å²) in [5, 5.41) is 0.272. The van der Waals surface area contributed by atoms with Gasteiger partial charge in [-0.15, -0.1) is 0 Å². The molecule has 1 aromatic rings. The highest BCUT2D eigenvalue weighted by atomic mass is 28.3. The van der Waals surface area contributed by atoms with E-state index in [-0.39, 0.29) is 17.7 Å². The van der Waals surface area contributed by atoms with Crippen molar-refractivity contribution in [2.24, 2.45) is 0 Å². The molecule has 0 N–H and O–H groups in total. The van der Waals surface area contributed by atoms with Crippen LogP contribution < -0.4 is 9.92 Å². The average Bonchev–Trinajstić information content (AvgIpc) is 2.43. The summed E-state index contributed by atoms with van der Waals surface area (Å²) >= 11 is 0. The zero-order valence-corrected chi connectivity index (χ0v) is 13.1. The molecule has 0 aromatic heterocycles. The van der Waals surface area contributed by atoms with Crippen LogP contribution in [0.2, 0.25) is 18.1 Å². The van der Waals surface area contributed by atoms with E-state index >= 15 is 0 Å². The van der Waals surface area contributed by atoms with Crippen LogP contribution in [0.4, 0.5) is 8.78 Å². The minimum absolute atomic E-state index is 0.0408. The molecule has 0 spiro atoms. The Morgan fingerprint density at radius 1 is 1.05 bits per heavy atom. The molecule has 1 rings (SSSR count). The zero-order valence-electron chi connectivity index (χ0n) is 12.1. The van der Waals surface area contributed by atoms with Gasteiger partial charge in [0.2, 0.25) is 0 Å². The third kappa shape index (κ3) is 3.15. The highest BCUT2D eigenvalue weighted by Crippen LogP contribution is 2.26. The molecule has 19 heavy (non-hydrogen) atoms.